The summed E-state index contributed by atoms with van der Waals surface area (Å²) >= 11 is 5.83. The Morgan fingerprint density at radius 2 is 1.76 bits per heavy atom. The Kier molecular flexibility index (Phi) is 5.42. The molecule has 0 N–H and O–H groups in total. The van der Waals surface area contributed by atoms with Gasteiger partial charge in [0.15, 0.2) is 6.61 Å². The molecule has 3 rings (SSSR count). The molecule has 0 bridgehead atoms. The van der Waals surface area contributed by atoms with Crippen molar-refractivity contribution in [1.29, 1.82) is 5.26 Å². The van der Waals surface area contributed by atoms with Crippen LogP contribution < -0.4 is 9.64 Å². The van der Waals surface area contributed by atoms with Crippen molar-refractivity contribution in [3.8, 4) is 11.8 Å². The monoisotopic (exact) mass is 355 g/mol. The van der Waals surface area contributed by atoms with Gasteiger partial charge in [0.05, 0.1) is 11.3 Å². The Bertz CT molecular complexity index is 778. The number of anilines is 1. The Labute approximate surface area is 152 Å². The lowest BCUT2D eigenvalue weighted by atomic mass is 10.1. The number of piperazine rings is 1. The Hall–Kier alpha value is -2.71. The number of nitriles is 1. The molecule has 0 unspecified atom stereocenters. The minimum absolute atomic E-state index is 0.0103. The highest BCUT2D eigenvalue weighted by atomic mass is 35.5. The molecule has 6 heteroatoms. The van der Waals surface area contributed by atoms with Crippen molar-refractivity contribution in [2.45, 2.75) is 0 Å². The fraction of sp³-hybridized carbons (Fsp3) is 0.263. The van der Waals surface area contributed by atoms with Crippen LogP contribution in [0.25, 0.3) is 0 Å². The Balaban J connectivity index is 1.52. The molecule has 1 heterocycles. The first kappa shape index (κ1) is 17.1. The van der Waals surface area contributed by atoms with Gasteiger partial charge in [0.1, 0.15) is 11.8 Å². The van der Waals surface area contributed by atoms with Crippen LogP contribution in [-0.4, -0.2) is 43.6 Å². The molecular formula is C19H18ClN3O2. The first-order chi connectivity index (χ1) is 12.2. The highest BCUT2D eigenvalue weighted by Crippen LogP contribution is 2.21. The predicted octanol–water partition coefficient (Wildman–Crippen LogP) is 2.94. The largest absolute Gasteiger partial charge is 0.484 e. The van der Waals surface area contributed by atoms with E-state index in [0.29, 0.717) is 42.5 Å². The summed E-state index contributed by atoms with van der Waals surface area (Å²) in [5, 5.41) is 9.85. The SMILES string of the molecule is N#Cc1ccccc1N1CCN(C(=O)COc2ccc(Cl)cc2)CC1. The minimum Gasteiger partial charge on any atom is -0.484 e. The van der Waals surface area contributed by atoms with Gasteiger partial charge in [0.25, 0.3) is 5.91 Å². The zero-order chi connectivity index (χ0) is 17.6. The van der Waals surface area contributed by atoms with E-state index < -0.39 is 0 Å². The van der Waals surface area contributed by atoms with Crippen molar-refractivity contribution in [2.24, 2.45) is 0 Å². The maximum absolute atomic E-state index is 12.3. The zero-order valence-corrected chi connectivity index (χ0v) is 14.4. The second-order valence-electron chi connectivity index (χ2n) is 5.74. The first-order valence-electron chi connectivity index (χ1n) is 8.07. The van der Waals surface area contributed by atoms with Gasteiger partial charge >= 0.3 is 0 Å². The number of ether oxygens (including phenoxy) is 1. The number of carbonyl (C=O) groups excluding carboxylic acids is 1. The number of rotatable bonds is 4. The van der Waals surface area contributed by atoms with Gasteiger partial charge in [-0.1, -0.05) is 23.7 Å². The molecule has 0 aromatic heterocycles. The van der Waals surface area contributed by atoms with E-state index in [0.717, 1.165) is 5.69 Å². The lowest BCUT2D eigenvalue weighted by molar-refractivity contribution is -0.133. The lowest BCUT2D eigenvalue weighted by Crippen LogP contribution is -2.50. The second-order valence-corrected chi connectivity index (χ2v) is 6.18. The number of halogens is 1. The van der Waals surface area contributed by atoms with Crippen molar-refractivity contribution in [1.82, 2.24) is 4.90 Å². The van der Waals surface area contributed by atoms with Crippen molar-refractivity contribution in [2.75, 3.05) is 37.7 Å². The first-order valence-corrected chi connectivity index (χ1v) is 8.45. The molecular weight excluding hydrogens is 338 g/mol. The number of hydrogen-bond donors (Lipinski definition) is 0. The van der Waals surface area contributed by atoms with Crippen LogP contribution in [0, 0.1) is 11.3 Å². The Morgan fingerprint density at radius 1 is 1.08 bits per heavy atom. The molecule has 0 spiro atoms. The quantitative estimate of drug-likeness (QED) is 0.846. The van der Waals surface area contributed by atoms with E-state index in [-0.39, 0.29) is 12.5 Å². The van der Waals surface area contributed by atoms with Crippen LogP contribution in [0.5, 0.6) is 5.75 Å². The normalized spacial score (nSPS) is 14.1. The predicted molar refractivity (Wildman–Crippen MR) is 96.9 cm³/mol. The molecule has 1 amide bonds. The summed E-state index contributed by atoms with van der Waals surface area (Å²) in [6.07, 6.45) is 0. The van der Waals surface area contributed by atoms with Crippen LogP contribution in [0.3, 0.4) is 0 Å². The molecule has 1 aliphatic heterocycles. The number of amides is 1. The summed E-state index contributed by atoms with van der Waals surface area (Å²) in [6.45, 7) is 2.64. The third-order valence-corrected chi connectivity index (χ3v) is 4.43. The maximum atomic E-state index is 12.3. The standard InChI is InChI=1S/C19H18ClN3O2/c20-16-5-7-17(8-6-16)25-14-19(24)23-11-9-22(10-12-23)18-4-2-1-3-15(18)13-21/h1-8H,9-12,14H2. The van der Waals surface area contributed by atoms with Gasteiger partial charge in [-0.05, 0) is 36.4 Å². The highest BCUT2D eigenvalue weighted by molar-refractivity contribution is 6.30. The number of benzene rings is 2. The van der Waals surface area contributed by atoms with Crippen molar-refractivity contribution < 1.29 is 9.53 Å². The summed E-state index contributed by atoms with van der Waals surface area (Å²) < 4.78 is 5.52. The van der Waals surface area contributed by atoms with E-state index in [1.165, 1.54) is 0 Å². The van der Waals surface area contributed by atoms with Crippen LogP contribution in [0.2, 0.25) is 5.02 Å². The number of hydrogen-bond acceptors (Lipinski definition) is 4. The van der Waals surface area contributed by atoms with Crippen LogP contribution in [0.15, 0.2) is 48.5 Å². The zero-order valence-electron chi connectivity index (χ0n) is 13.7. The van der Waals surface area contributed by atoms with Crippen LogP contribution in [0.1, 0.15) is 5.56 Å². The topological polar surface area (TPSA) is 56.6 Å². The molecule has 1 saturated heterocycles. The molecule has 1 fully saturated rings. The molecule has 0 atom stereocenters. The molecule has 0 aliphatic carbocycles. The summed E-state index contributed by atoms with van der Waals surface area (Å²) in [4.78, 5) is 16.2. The summed E-state index contributed by atoms with van der Waals surface area (Å²) in [7, 11) is 0. The molecule has 25 heavy (non-hydrogen) atoms. The van der Waals surface area contributed by atoms with Crippen molar-refractivity contribution >= 4 is 23.2 Å². The second kappa shape index (κ2) is 7.91. The number of para-hydroxylation sites is 1. The molecule has 1 aliphatic rings. The van der Waals surface area contributed by atoms with Crippen LogP contribution in [-0.2, 0) is 4.79 Å². The average molecular weight is 356 g/mol. The van der Waals surface area contributed by atoms with E-state index in [9.17, 15) is 10.1 Å². The van der Waals surface area contributed by atoms with Crippen LogP contribution in [0.4, 0.5) is 5.69 Å². The fourth-order valence-electron chi connectivity index (χ4n) is 2.81. The summed E-state index contributed by atoms with van der Waals surface area (Å²) in [5.74, 6) is 0.586. The fourth-order valence-corrected chi connectivity index (χ4v) is 2.93. The van der Waals surface area contributed by atoms with Gasteiger partial charge in [-0.2, -0.15) is 5.26 Å². The molecule has 2 aromatic carbocycles. The van der Waals surface area contributed by atoms with Crippen molar-refractivity contribution in [3.63, 3.8) is 0 Å². The molecule has 2 aromatic rings. The summed E-state index contributed by atoms with van der Waals surface area (Å²) in [5.41, 5.74) is 1.59. The Morgan fingerprint density at radius 3 is 2.44 bits per heavy atom. The molecule has 128 valence electrons. The van der Waals surface area contributed by atoms with Gasteiger partial charge in [0.2, 0.25) is 0 Å². The minimum atomic E-state index is -0.0387. The van der Waals surface area contributed by atoms with Gasteiger partial charge in [-0.15, -0.1) is 0 Å². The number of carbonyl (C=O) groups is 1. The van der Waals surface area contributed by atoms with Crippen LogP contribution >= 0.6 is 11.6 Å². The average Bonchev–Trinajstić information content (AvgIpc) is 2.67. The third kappa shape index (κ3) is 4.23. The summed E-state index contributed by atoms with van der Waals surface area (Å²) in [6, 6.07) is 16.7. The molecule has 0 radical (unpaired) electrons. The van der Waals surface area contributed by atoms with E-state index in [1.807, 2.05) is 24.3 Å². The lowest BCUT2D eigenvalue weighted by Gasteiger charge is -2.36. The van der Waals surface area contributed by atoms with Gasteiger partial charge in [-0.25, -0.2) is 0 Å². The smallest absolute Gasteiger partial charge is 0.260 e. The van der Waals surface area contributed by atoms with Gasteiger partial charge < -0.3 is 14.5 Å². The molecule has 0 saturated carbocycles. The van der Waals surface area contributed by atoms with Crippen molar-refractivity contribution in [3.05, 3.63) is 59.1 Å². The van der Waals surface area contributed by atoms with E-state index in [1.54, 1.807) is 29.2 Å². The molecule has 5 nitrogen and oxygen atoms in total. The van der Waals surface area contributed by atoms with Gasteiger partial charge in [-0.3, -0.25) is 4.79 Å². The van der Waals surface area contributed by atoms with Gasteiger partial charge in [0, 0.05) is 31.2 Å². The van der Waals surface area contributed by atoms with E-state index >= 15 is 0 Å². The van der Waals surface area contributed by atoms with E-state index in [2.05, 4.69) is 11.0 Å². The highest BCUT2D eigenvalue weighted by Gasteiger charge is 2.22. The third-order valence-electron chi connectivity index (χ3n) is 4.17. The van der Waals surface area contributed by atoms with E-state index in [4.69, 9.17) is 16.3 Å². The maximum Gasteiger partial charge on any atom is 0.260 e. The number of nitrogens with zero attached hydrogens (tertiary/aromatic N) is 3.